The first-order valence-corrected chi connectivity index (χ1v) is 7.21. The highest BCUT2D eigenvalue weighted by Gasteiger charge is 2.54. The molecule has 0 aromatic carbocycles. The lowest BCUT2D eigenvalue weighted by Crippen LogP contribution is -2.56. The van der Waals surface area contributed by atoms with E-state index in [1.165, 1.54) is 51.7 Å². The van der Waals surface area contributed by atoms with Gasteiger partial charge in [0.25, 0.3) is 0 Å². The summed E-state index contributed by atoms with van der Waals surface area (Å²) in [5.41, 5.74) is 0.782. The minimum Gasteiger partial charge on any atom is -0.311 e. The van der Waals surface area contributed by atoms with Crippen LogP contribution in [-0.2, 0) is 0 Å². The average molecular weight is 222 g/mol. The van der Waals surface area contributed by atoms with Crippen LogP contribution in [0.4, 0.5) is 0 Å². The van der Waals surface area contributed by atoms with E-state index in [2.05, 4.69) is 24.1 Å². The highest BCUT2D eigenvalue weighted by atomic mass is 15.2. The summed E-state index contributed by atoms with van der Waals surface area (Å²) in [5.74, 6) is 1.11. The SMILES string of the molecule is CCC1CNC(C)CN1CC1(C2CC2)CC1. The van der Waals surface area contributed by atoms with Crippen molar-refractivity contribution in [2.24, 2.45) is 11.3 Å². The zero-order valence-corrected chi connectivity index (χ0v) is 10.8. The predicted molar refractivity (Wildman–Crippen MR) is 67.5 cm³/mol. The Hall–Kier alpha value is -0.0800. The van der Waals surface area contributed by atoms with Crippen LogP contribution in [0.25, 0.3) is 0 Å². The molecule has 3 rings (SSSR count). The standard InChI is InChI=1S/C14H26N2/c1-3-13-8-15-11(2)9-16(13)10-14(6-7-14)12-4-5-12/h11-13,15H,3-10H2,1-2H3. The van der Waals surface area contributed by atoms with Gasteiger partial charge in [-0.15, -0.1) is 0 Å². The predicted octanol–water partition coefficient (Wildman–Crippen LogP) is 2.25. The second kappa shape index (κ2) is 3.99. The van der Waals surface area contributed by atoms with Crippen molar-refractivity contribution in [3.63, 3.8) is 0 Å². The molecule has 2 unspecified atom stereocenters. The minimum absolute atomic E-state index is 0.692. The third-order valence-electron chi connectivity index (χ3n) is 5.05. The fraction of sp³-hybridized carbons (Fsp3) is 1.00. The van der Waals surface area contributed by atoms with Crippen LogP contribution in [0.5, 0.6) is 0 Å². The maximum atomic E-state index is 3.62. The molecule has 0 bridgehead atoms. The summed E-state index contributed by atoms with van der Waals surface area (Å²) in [6.07, 6.45) is 7.40. The van der Waals surface area contributed by atoms with E-state index < -0.39 is 0 Å². The summed E-state index contributed by atoms with van der Waals surface area (Å²) in [5, 5.41) is 3.62. The molecule has 2 heteroatoms. The second-order valence-electron chi connectivity index (χ2n) is 6.44. The molecule has 1 aliphatic heterocycles. The van der Waals surface area contributed by atoms with Crippen molar-refractivity contribution >= 4 is 0 Å². The Bertz CT molecular complexity index is 255. The summed E-state index contributed by atoms with van der Waals surface area (Å²) < 4.78 is 0. The van der Waals surface area contributed by atoms with Crippen LogP contribution in [0.1, 0.15) is 46.0 Å². The molecule has 2 atom stereocenters. The molecule has 3 fully saturated rings. The number of nitrogens with one attached hydrogen (secondary N) is 1. The molecule has 0 amide bonds. The van der Waals surface area contributed by atoms with Gasteiger partial charge < -0.3 is 5.32 Å². The summed E-state index contributed by atoms with van der Waals surface area (Å²) in [6, 6.07) is 1.49. The molecule has 0 aromatic rings. The van der Waals surface area contributed by atoms with Crippen LogP contribution < -0.4 is 5.32 Å². The second-order valence-corrected chi connectivity index (χ2v) is 6.44. The fourth-order valence-electron chi connectivity index (χ4n) is 3.58. The van der Waals surface area contributed by atoms with E-state index in [0.717, 1.165) is 17.4 Å². The molecule has 16 heavy (non-hydrogen) atoms. The monoisotopic (exact) mass is 222 g/mol. The van der Waals surface area contributed by atoms with E-state index in [-0.39, 0.29) is 0 Å². The van der Waals surface area contributed by atoms with Gasteiger partial charge in [0.15, 0.2) is 0 Å². The zero-order chi connectivity index (χ0) is 11.2. The lowest BCUT2D eigenvalue weighted by molar-refractivity contribution is 0.0990. The maximum Gasteiger partial charge on any atom is 0.0219 e. The van der Waals surface area contributed by atoms with Crippen molar-refractivity contribution in [2.75, 3.05) is 19.6 Å². The molecule has 2 saturated carbocycles. The third kappa shape index (κ3) is 2.02. The molecule has 1 heterocycles. The fourth-order valence-corrected chi connectivity index (χ4v) is 3.58. The highest BCUT2D eigenvalue weighted by Crippen LogP contribution is 2.61. The summed E-state index contributed by atoms with van der Waals surface area (Å²) in [7, 11) is 0. The van der Waals surface area contributed by atoms with E-state index in [9.17, 15) is 0 Å². The van der Waals surface area contributed by atoms with Crippen LogP contribution in [0.15, 0.2) is 0 Å². The average Bonchev–Trinajstić information content (AvgIpc) is 3.12. The van der Waals surface area contributed by atoms with Crippen molar-refractivity contribution in [3.8, 4) is 0 Å². The van der Waals surface area contributed by atoms with Gasteiger partial charge in [0, 0.05) is 31.7 Å². The van der Waals surface area contributed by atoms with Crippen LogP contribution >= 0.6 is 0 Å². The smallest absolute Gasteiger partial charge is 0.0219 e. The molecule has 0 aromatic heterocycles. The highest BCUT2D eigenvalue weighted by molar-refractivity contribution is 5.06. The van der Waals surface area contributed by atoms with Crippen LogP contribution in [0.3, 0.4) is 0 Å². The van der Waals surface area contributed by atoms with Gasteiger partial charge in [-0.1, -0.05) is 6.92 Å². The summed E-state index contributed by atoms with van der Waals surface area (Å²) in [4.78, 5) is 2.80. The Morgan fingerprint density at radius 2 is 2.06 bits per heavy atom. The first kappa shape index (κ1) is 11.0. The zero-order valence-electron chi connectivity index (χ0n) is 10.8. The first-order chi connectivity index (χ1) is 7.73. The van der Waals surface area contributed by atoms with Crippen LogP contribution in [0, 0.1) is 11.3 Å². The molecule has 2 aliphatic carbocycles. The third-order valence-corrected chi connectivity index (χ3v) is 5.05. The largest absolute Gasteiger partial charge is 0.311 e. The number of hydrogen-bond donors (Lipinski definition) is 1. The summed E-state index contributed by atoms with van der Waals surface area (Å²) >= 11 is 0. The van der Waals surface area contributed by atoms with Gasteiger partial charge in [-0.2, -0.15) is 0 Å². The van der Waals surface area contributed by atoms with E-state index in [4.69, 9.17) is 0 Å². The van der Waals surface area contributed by atoms with Gasteiger partial charge in [0.05, 0.1) is 0 Å². The Labute approximate surface area is 99.8 Å². The molecule has 0 radical (unpaired) electrons. The van der Waals surface area contributed by atoms with Crippen molar-refractivity contribution in [1.82, 2.24) is 10.2 Å². The molecule has 1 saturated heterocycles. The van der Waals surface area contributed by atoms with Gasteiger partial charge in [0.1, 0.15) is 0 Å². The number of piperazine rings is 1. The lowest BCUT2D eigenvalue weighted by Gasteiger charge is -2.41. The molecular formula is C14H26N2. The van der Waals surface area contributed by atoms with Crippen LogP contribution in [0.2, 0.25) is 0 Å². The van der Waals surface area contributed by atoms with Crippen molar-refractivity contribution in [2.45, 2.75) is 58.0 Å². The number of nitrogens with zero attached hydrogens (tertiary/aromatic N) is 1. The maximum absolute atomic E-state index is 3.62. The van der Waals surface area contributed by atoms with Crippen molar-refractivity contribution < 1.29 is 0 Å². The van der Waals surface area contributed by atoms with Crippen molar-refractivity contribution in [3.05, 3.63) is 0 Å². The Morgan fingerprint density at radius 3 is 2.62 bits per heavy atom. The van der Waals surface area contributed by atoms with E-state index in [0.29, 0.717) is 6.04 Å². The van der Waals surface area contributed by atoms with Crippen LogP contribution in [-0.4, -0.2) is 36.6 Å². The molecule has 1 N–H and O–H groups in total. The van der Waals surface area contributed by atoms with Gasteiger partial charge >= 0.3 is 0 Å². The Kier molecular flexibility index (Phi) is 2.75. The number of hydrogen-bond acceptors (Lipinski definition) is 2. The van der Waals surface area contributed by atoms with Gasteiger partial charge in [-0.3, -0.25) is 4.90 Å². The Balaban J connectivity index is 1.62. The normalized spacial score (nSPS) is 38.6. The van der Waals surface area contributed by atoms with E-state index >= 15 is 0 Å². The van der Waals surface area contributed by atoms with Gasteiger partial charge in [-0.05, 0) is 50.4 Å². The summed E-state index contributed by atoms with van der Waals surface area (Å²) in [6.45, 7) is 8.55. The lowest BCUT2D eigenvalue weighted by atomic mass is 9.97. The number of rotatable bonds is 4. The van der Waals surface area contributed by atoms with Crippen molar-refractivity contribution in [1.29, 1.82) is 0 Å². The first-order valence-electron chi connectivity index (χ1n) is 7.21. The minimum atomic E-state index is 0.692. The van der Waals surface area contributed by atoms with E-state index in [1.807, 2.05) is 0 Å². The van der Waals surface area contributed by atoms with Gasteiger partial charge in [0.2, 0.25) is 0 Å². The van der Waals surface area contributed by atoms with E-state index in [1.54, 1.807) is 0 Å². The van der Waals surface area contributed by atoms with Gasteiger partial charge in [-0.25, -0.2) is 0 Å². The Morgan fingerprint density at radius 1 is 1.31 bits per heavy atom. The molecule has 3 aliphatic rings. The molecule has 92 valence electrons. The molecular weight excluding hydrogens is 196 g/mol. The molecule has 0 spiro atoms. The quantitative estimate of drug-likeness (QED) is 0.785. The topological polar surface area (TPSA) is 15.3 Å². The molecule has 2 nitrogen and oxygen atoms in total.